The molecule has 1 aliphatic rings. The summed E-state index contributed by atoms with van der Waals surface area (Å²) in [6.45, 7) is 0.586. The fourth-order valence-electron chi connectivity index (χ4n) is 2.76. The van der Waals surface area contributed by atoms with E-state index in [2.05, 4.69) is 15.3 Å². The summed E-state index contributed by atoms with van der Waals surface area (Å²) in [7, 11) is -0.383. The maximum atomic E-state index is 12.7. The molecular formula is C16H20N4O4S. The van der Waals surface area contributed by atoms with E-state index in [0.717, 1.165) is 0 Å². The highest BCUT2D eigenvalue weighted by Crippen LogP contribution is 2.19. The van der Waals surface area contributed by atoms with Gasteiger partial charge in [-0.1, -0.05) is 6.07 Å². The van der Waals surface area contributed by atoms with E-state index in [4.69, 9.17) is 4.74 Å². The molecule has 0 saturated carbocycles. The number of carbonyl (C=O) groups is 1. The number of hydrogen-bond acceptors (Lipinski definition) is 6. The summed E-state index contributed by atoms with van der Waals surface area (Å²) in [5.41, 5.74) is 1.55. The van der Waals surface area contributed by atoms with Gasteiger partial charge in [-0.25, -0.2) is 12.7 Å². The number of carbonyl (C=O) groups excluding carboxylic acids is 1. The zero-order valence-electron chi connectivity index (χ0n) is 14.0. The molecule has 2 atom stereocenters. The van der Waals surface area contributed by atoms with Gasteiger partial charge in [-0.15, -0.1) is 0 Å². The molecule has 1 aliphatic heterocycles. The molecule has 134 valence electrons. The van der Waals surface area contributed by atoms with Crippen molar-refractivity contribution in [2.45, 2.75) is 6.04 Å². The number of amides is 1. The van der Waals surface area contributed by atoms with Crippen molar-refractivity contribution in [1.82, 2.24) is 19.6 Å². The van der Waals surface area contributed by atoms with Crippen LogP contribution in [0.25, 0.3) is 11.0 Å². The molecule has 1 amide bonds. The van der Waals surface area contributed by atoms with Gasteiger partial charge in [0.1, 0.15) is 5.52 Å². The first kappa shape index (κ1) is 17.7. The fourth-order valence-corrected chi connectivity index (χ4v) is 3.93. The number of rotatable bonds is 5. The lowest BCUT2D eigenvalue weighted by molar-refractivity contribution is 0.0927. The van der Waals surface area contributed by atoms with Crippen molar-refractivity contribution >= 4 is 27.0 Å². The lowest BCUT2D eigenvalue weighted by Gasteiger charge is -2.21. The zero-order valence-corrected chi connectivity index (χ0v) is 14.9. The minimum Gasteiger partial charge on any atom is -0.379 e. The van der Waals surface area contributed by atoms with Crippen LogP contribution in [0.1, 0.15) is 10.4 Å². The number of ether oxygens (including phenoxy) is 1. The lowest BCUT2D eigenvalue weighted by atomic mass is 10.1. The van der Waals surface area contributed by atoms with Gasteiger partial charge < -0.3 is 10.1 Å². The molecule has 1 saturated heterocycles. The van der Waals surface area contributed by atoms with Gasteiger partial charge >= 0.3 is 0 Å². The minimum atomic E-state index is -3.37. The van der Waals surface area contributed by atoms with Crippen LogP contribution in [0, 0.1) is 5.92 Å². The normalized spacial score (nSPS) is 20.9. The Balaban J connectivity index is 1.78. The molecule has 1 aromatic heterocycles. The van der Waals surface area contributed by atoms with Crippen LogP contribution < -0.4 is 5.32 Å². The second-order valence-corrected chi connectivity index (χ2v) is 8.40. The molecule has 2 heterocycles. The van der Waals surface area contributed by atoms with Crippen molar-refractivity contribution in [3.63, 3.8) is 0 Å². The van der Waals surface area contributed by atoms with E-state index in [-0.39, 0.29) is 30.2 Å². The number of aromatic nitrogens is 2. The van der Waals surface area contributed by atoms with Gasteiger partial charge in [0, 0.05) is 32.4 Å². The second kappa shape index (κ2) is 7.03. The molecule has 0 aliphatic carbocycles. The van der Waals surface area contributed by atoms with E-state index in [1.807, 2.05) is 0 Å². The van der Waals surface area contributed by atoms with E-state index >= 15 is 0 Å². The van der Waals surface area contributed by atoms with Crippen LogP contribution in [0.5, 0.6) is 0 Å². The number of fused-ring (bicyclic) bond motifs is 1. The maximum Gasteiger partial charge on any atom is 0.253 e. The first-order valence-corrected chi connectivity index (χ1v) is 9.48. The van der Waals surface area contributed by atoms with Crippen molar-refractivity contribution in [3.8, 4) is 0 Å². The van der Waals surface area contributed by atoms with Crippen molar-refractivity contribution in [2.75, 3.05) is 33.1 Å². The summed E-state index contributed by atoms with van der Waals surface area (Å²) >= 11 is 0. The molecule has 9 heteroatoms. The number of nitrogens with one attached hydrogen (secondary N) is 1. The molecule has 0 radical (unpaired) electrons. The van der Waals surface area contributed by atoms with Gasteiger partial charge in [0.2, 0.25) is 10.0 Å². The molecular weight excluding hydrogens is 344 g/mol. The Labute approximate surface area is 146 Å². The van der Waals surface area contributed by atoms with Gasteiger partial charge in [-0.05, 0) is 12.1 Å². The Morgan fingerprint density at radius 2 is 2.04 bits per heavy atom. The Bertz CT molecular complexity index is 879. The van der Waals surface area contributed by atoms with E-state index in [0.29, 0.717) is 23.2 Å². The highest BCUT2D eigenvalue weighted by atomic mass is 32.2. The van der Waals surface area contributed by atoms with Crippen molar-refractivity contribution in [1.29, 1.82) is 0 Å². The fraction of sp³-hybridized carbons (Fsp3) is 0.438. The molecule has 25 heavy (non-hydrogen) atoms. The molecule has 1 fully saturated rings. The van der Waals surface area contributed by atoms with Crippen LogP contribution in [-0.4, -0.2) is 67.7 Å². The Morgan fingerprint density at radius 3 is 2.80 bits per heavy atom. The SMILES string of the molecule is CN(C)S(=O)(=O)C[C@@H]1COC[C@@H]1NC(=O)c1cccc2nccnc12. The molecule has 0 bridgehead atoms. The third-order valence-corrected chi connectivity index (χ3v) is 6.20. The Morgan fingerprint density at radius 1 is 1.28 bits per heavy atom. The van der Waals surface area contributed by atoms with Crippen LogP contribution in [0.15, 0.2) is 30.6 Å². The molecule has 1 aromatic carbocycles. The zero-order chi connectivity index (χ0) is 18.0. The summed E-state index contributed by atoms with van der Waals surface area (Å²) in [5, 5.41) is 2.88. The summed E-state index contributed by atoms with van der Waals surface area (Å²) in [6, 6.07) is 4.83. The van der Waals surface area contributed by atoms with Crippen molar-refractivity contribution < 1.29 is 17.9 Å². The highest BCUT2D eigenvalue weighted by molar-refractivity contribution is 7.89. The Kier molecular flexibility index (Phi) is 4.98. The van der Waals surface area contributed by atoms with Gasteiger partial charge in [0.25, 0.3) is 5.91 Å². The number of nitrogens with zero attached hydrogens (tertiary/aromatic N) is 3. The third kappa shape index (κ3) is 3.78. The average Bonchev–Trinajstić information content (AvgIpc) is 3.00. The first-order chi connectivity index (χ1) is 11.9. The molecule has 8 nitrogen and oxygen atoms in total. The van der Waals surface area contributed by atoms with E-state index in [1.165, 1.54) is 24.6 Å². The highest BCUT2D eigenvalue weighted by Gasteiger charge is 2.34. The number of sulfonamides is 1. The average molecular weight is 364 g/mol. The van der Waals surface area contributed by atoms with Gasteiger partial charge in [0.15, 0.2) is 0 Å². The first-order valence-electron chi connectivity index (χ1n) is 7.87. The number of para-hydroxylation sites is 1. The van der Waals surface area contributed by atoms with Crippen LogP contribution in [0.3, 0.4) is 0 Å². The number of hydrogen-bond donors (Lipinski definition) is 1. The third-order valence-electron chi connectivity index (χ3n) is 4.24. The van der Waals surface area contributed by atoms with Crippen LogP contribution in [-0.2, 0) is 14.8 Å². The van der Waals surface area contributed by atoms with E-state index < -0.39 is 10.0 Å². The van der Waals surface area contributed by atoms with E-state index in [1.54, 1.807) is 24.4 Å². The van der Waals surface area contributed by atoms with Crippen LogP contribution >= 0.6 is 0 Å². The topological polar surface area (TPSA) is 101 Å². The molecule has 3 rings (SSSR count). The van der Waals surface area contributed by atoms with Gasteiger partial charge in [0.05, 0.1) is 36.1 Å². The predicted octanol–water partition coefficient (Wildman–Crippen LogP) is 0.266. The molecule has 0 unspecified atom stereocenters. The maximum absolute atomic E-state index is 12.7. The summed E-state index contributed by atoms with van der Waals surface area (Å²) in [4.78, 5) is 21.1. The Hall–Kier alpha value is -2.10. The summed E-state index contributed by atoms with van der Waals surface area (Å²) in [6.07, 6.45) is 3.10. The predicted molar refractivity (Wildman–Crippen MR) is 92.6 cm³/mol. The molecule has 2 aromatic rings. The monoisotopic (exact) mass is 364 g/mol. The second-order valence-electron chi connectivity index (χ2n) is 6.17. The van der Waals surface area contributed by atoms with Crippen molar-refractivity contribution in [3.05, 3.63) is 36.2 Å². The van der Waals surface area contributed by atoms with Crippen molar-refractivity contribution in [2.24, 2.45) is 5.92 Å². The van der Waals surface area contributed by atoms with E-state index in [9.17, 15) is 13.2 Å². The summed E-state index contributed by atoms with van der Waals surface area (Å²) in [5.74, 6) is -0.674. The standard InChI is InChI=1S/C16H20N4O4S/c1-20(2)25(22,23)10-11-8-24-9-14(11)19-16(21)12-4-3-5-13-15(12)18-7-6-17-13/h3-7,11,14H,8-10H2,1-2H3,(H,19,21)/t11-,14-/m0/s1. The van der Waals surface area contributed by atoms with Crippen LogP contribution in [0.4, 0.5) is 0 Å². The quantitative estimate of drug-likeness (QED) is 0.817. The largest absolute Gasteiger partial charge is 0.379 e. The van der Waals surface area contributed by atoms with Gasteiger partial charge in [-0.2, -0.15) is 0 Å². The smallest absolute Gasteiger partial charge is 0.253 e. The van der Waals surface area contributed by atoms with Crippen LogP contribution in [0.2, 0.25) is 0 Å². The van der Waals surface area contributed by atoms with Gasteiger partial charge in [-0.3, -0.25) is 14.8 Å². The molecule has 0 spiro atoms. The minimum absolute atomic E-state index is 0.0692. The lowest BCUT2D eigenvalue weighted by Crippen LogP contribution is -2.43. The molecule has 1 N–H and O–H groups in total. The summed E-state index contributed by atoms with van der Waals surface area (Å²) < 4.78 is 30.8. The number of benzene rings is 1.